The van der Waals surface area contributed by atoms with Crippen molar-refractivity contribution in [1.29, 1.82) is 0 Å². The SMILES string of the molecule is COc1cc(/C=N/N(C(=O)c2ccc(S(=O)(=O)N(Cc3ccccc3)C(C)C)cc2)c2nc3ccc(C)cc3s2)cc(OC)c1OC. The van der Waals surface area contributed by atoms with E-state index in [1.54, 1.807) is 12.1 Å². The fourth-order valence-electron chi connectivity index (χ4n) is 4.93. The molecule has 0 spiro atoms. The fourth-order valence-corrected chi connectivity index (χ4v) is 7.58. The molecular formula is C35H36N4O6S2. The summed E-state index contributed by atoms with van der Waals surface area (Å²) in [6.07, 6.45) is 1.50. The summed E-state index contributed by atoms with van der Waals surface area (Å²) in [7, 11) is 0.686. The van der Waals surface area contributed by atoms with Crippen LogP contribution >= 0.6 is 11.3 Å². The first kappa shape index (κ1) is 33.6. The van der Waals surface area contributed by atoms with E-state index < -0.39 is 15.9 Å². The average molecular weight is 673 g/mol. The van der Waals surface area contributed by atoms with Gasteiger partial charge in [-0.25, -0.2) is 13.4 Å². The predicted molar refractivity (Wildman–Crippen MR) is 186 cm³/mol. The molecular weight excluding hydrogens is 637 g/mol. The molecule has 4 aromatic carbocycles. The smallest absolute Gasteiger partial charge is 0.280 e. The topological polar surface area (TPSA) is 111 Å². The van der Waals surface area contributed by atoms with Gasteiger partial charge in [0.05, 0.1) is 42.7 Å². The number of methoxy groups -OCH3 is 3. The van der Waals surface area contributed by atoms with E-state index in [0.29, 0.717) is 27.9 Å². The summed E-state index contributed by atoms with van der Waals surface area (Å²) in [6, 6.07) is 24.3. The van der Waals surface area contributed by atoms with Crippen molar-refractivity contribution in [2.45, 2.75) is 38.3 Å². The minimum atomic E-state index is -3.87. The van der Waals surface area contributed by atoms with Crippen molar-refractivity contribution in [3.8, 4) is 17.2 Å². The van der Waals surface area contributed by atoms with Crippen LogP contribution in [0.2, 0.25) is 0 Å². The molecule has 5 rings (SSSR count). The molecule has 0 saturated carbocycles. The summed E-state index contributed by atoms with van der Waals surface area (Å²) in [5.41, 5.74) is 3.49. The third kappa shape index (κ3) is 7.30. The standard InChI is InChI=1S/C35H36N4O6S2/c1-23(2)38(22-25-10-8-7-9-11-25)47(41,42)28-15-13-27(14-16-28)34(40)39(35-37-29-17-12-24(3)18-32(29)46-35)36-21-26-19-30(43-4)33(45-6)31(20-26)44-5/h7-21,23H,22H2,1-6H3/b36-21+. The number of carbonyl (C=O) groups excluding carboxylic acids is 1. The van der Waals surface area contributed by atoms with E-state index in [0.717, 1.165) is 21.3 Å². The Balaban J connectivity index is 1.50. The van der Waals surface area contributed by atoms with E-state index in [1.165, 1.54) is 72.5 Å². The number of aromatic nitrogens is 1. The Labute approximate surface area is 278 Å². The van der Waals surface area contributed by atoms with Crippen molar-refractivity contribution >= 4 is 48.8 Å². The number of hydrazone groups is 1. The van der Waals surface area contributed by atoms with Crippen molar-refractivity contribution in [2.75, 3.05) is 26.3 Å². The van der Waals surface area contributed by atoms with Gasteiger partial charge in [-0.05, 0) is 80.4 Å². The number of anilines is 1. The maximum Gasteiger partial charge on any atom is 0.280 e. The number of sulfonamides is 1. The number of carbonyl (C=O) groups is 1. The van der Waals surface area contributed by atoms with Crippen LogP contribution in [0, 0.1) is 6.92 Å². The van der Waals surface area contributed by atoms with Gasteiger partial charge in [0, 0.05) is 23.7 Å². The zero-order valence-electron chi connectivity index (χ0n) is 27.0. The lowest BCUT2D eigenvalue weighted by molar-refractivity contribution is 0.0987. The van der Waals surface area contributed by atoms with Crippen LogP contribution in [0.25, 0.3) is 10.2 Å². The van der Waals surface area contributed by atoms with E-state index in [4.69, 9.17) is 14.2 Å². The van der Waals surface area contributed by atoms with Crippen molar-refractivity contribution in [2.24, 2.45) is 5.10 Å². The van der Waals surface area contributed by atoms with Crippen LogP contribution in [0.1, 0.15) is 40.9 Å². The zero-order valence-corrected chi connectivity index (χ0v) is 28.6. The number of thiazole rings is 1. The van der Waals surface area contributed by atoms with E-state index in [1.807, 2.05) is 69.3 Å². The van der Waals surface area contributed by atoms with Crippen molar-refractivity contribution in [3.05, 3.63) is 107 Å². The minimum Gasteiger partial charge on any atom is -0.493 e. The Hall–Kier alpha value is -4.78. The number of fused-ring (bicyclic) bond motifs is 1. The maximum absolute atomic E-state index is 14.1. The normalized spacial score (nSPS) is 11.8. The third-order valence-electron chi connectivity index (χ3n) is 7.38. The highest BCUT2D eigenvalue weighted by Crippen LogP contribution is 2.38. The Morgan fingerprint density at radius 1 is 0.915 bits per heavy atom. The molecule has 0 radical (unpaired) electrons. The maximum atomic E-state index is 14.1. The molecule has 0 bridgehead atoms. The number of rotatable bonds is 12. The molecule has 5 aromatic rings. The molecule has 0 aliphatic rings. The molecule has 0 unspecified atom stereocenters. The first-order valence-corrected chi connectivity index (χ1v) is 17.0. The largest absolute Gasteiger partial charge is 0.493 e. The second-order valence-electron chi connectivity index (χ2n) is 10.9. The Bertz CT molecular complexity index is 1980. The molecule has 0 saturated heterocycles. The quantitative estimate of drug-likeness (QED) is 0.105. The molecule has 0 fully saturated rings. The van der Waals surface area contributed by atoms with E-state index in [9.17, 15) is 13.2 Å². The molecule has 1 heterocycles. The summed E-state index contributed by atoms with van der Waals surface area (Å²) in [5, 5.41) is 6.12. The predicted octanol–water partition coefficient (Wildman–Crippen LogP) is 6.91. The monoisotopic (exact) mass is 672 g/mol. The van der Waals surface area contributed by atoms with Crippen molar-refractivity contribution in [3.63, 3.8) is 0 Å². The average Bonchev–Trinajstić information content (AvgIpc) is 3.49. The lowest BCUT2D eigenvalue weighted by Gasteiger charge is -2.26. The molecule has 1 aromatic heterocycles. The Morgan fingerprint density at radius 3 is 2.17 bits per heavy atom. The van der Waals surface area contributed by atoms with Gasteiger partial charge in [-0.15, -0.1) is 0 Å². The summed E-state index contributed by atoms with van der Waals surface area (Å²) in [4.78, 5) is 18.8. The number of aryl methyl sites for hydroxylation is 1. The lowest BCUT2D eigenvalue weighted by atomic mass is 10.2. The fraction of sp³-hybridized carbons (Fsp3) is 0.229. The Kier molecular flexibility index (Phi) is 10.2. The number of nitrogens with zero attached hydrogens (tertiary/aromatic N) is 4. The number of benzene rings is 4. The van der Waals surface area contributed by atoms with Gasteiger partial charge in [-0.2, -0.15) is 14.4 Å². The lowest BCUT2D eigenvalue weighted by Crippen LogP contribution is -2.36. The van der Waals surface area contributed by atoms with Gasteiger partial charge in [0.2, 0.25) is 20.9 Å². The highest BCUT2D eigenvalue weighted by molar-refractivity contribution is 7.89. The number of hydrogen-bond acceptors (Lipinski definition) is 9. The van der Waals surface area contributed by atoms with E-state index in [2.05, 4.69) is 10.1 Å². The summed E-state index contributed by atoms with van der Waals surface area (Å²) in [6.45, 7) is 5.88. The molecule has 0 aliphatic heterocycles. The van der Waals surface area contributed by atoms with Gasteiger partial charge < -0.3 is 14.2 Å². The summed E-state index contributed by atoms with van der Waals surface area (Å²) >= 11 is 1.32. The van der Waals surface area contributed by atoms with Gasteiger partial charge in [0.25, 0.3) is 5.91 Å². The first-order chi connectivity index (χ1) is 22.5. The second kappa shape index (κ2) is 14.3. The van der Waals surface area contributed by atoms with Crippen LogP contribution in [0.15, 0.2) is 94.9 Å². The van der Waals surface area contributed by atoms with Gasteiger partial charge in [-0.1, -0.05) is 47.7 Å². The van der Waals surface area contributed by atoms with E-state index >= 15 is 0 Å². The second-order valence-corrected chi connectivity index (χ2v) is 13.8. The van der Waals surface area contributed by atoms with Gasteiger partial charge >= 0.3 is 0 Å². The van der Waals surface area contributed by atoms with Crippen LogP contribution in [-0.4, -0.2) is 57.2 Å². The summed E-state index contributed by atoms with van der Waals surface area (Å²) in [5.74, 6) is 0.803. The first-order valence-electron chi connectivity index (χ1n) is 14.8. The highest BCUT2D eigenvalue weighted by Gasteiger charge is 2.28. The zero-order chi connectivity index (χ0) is 33.7. The van der Waals surface area contributed by atoms with Gasteiger partial charge in [0.15, 0.2) is 11.5 Å². The molecule has 1 amide bonds. The molecule has 12 heteroatoms. The van der Waals surface area contributed by atoms with Crippen molar-refractivity contribution in [1.82, 2.24) is 9.29 Å². The van der Waals surface area contributed by atoms with Gasteiger partial charge in [0.1, 0.15) is 0 Å². The third-order valence-corrected chi connectivity index (χ3v) is 10.4. The number of amides is 1. The van der Waals surface area contributed by atoms with Crippen LogP contribution in [0.5, 0.6) is 17.2 Å². The van der Waals surface area contributed by atoms with Crippen LogP contribution in [0.4, 0.5) is 5.13 Å². The van der Waals surface area contributed by atoms with Crippen LogP contribution < -0.4 is 19.2 Å². The minimum absolute atomic E-state index is 0.0848. The molecule has 0 atom stereocenters. The number of hydrogen-bond donors (Lipinski definition) is 0. The molecule has 244 valence electrons. The Morgan fingerprint density at radius 2 is 1.57 bits per heavy atom. The molecule has 47 heavy (non-hydrogen) atoms. The molecule has 0 aliphatic carbocycles. The highest BCUT2D eigenvalue weighted by atomic mass is 32.2. The van der Waals surface area contributed by atoms with Crippen molar-refractivity contribution < 1.29 is 27.4 Å². The van der Waals surface area contributed by atoms with Gasteiger partial charge in [-0.3, -0.25) is 4.79 Å². The molecule has 0 N–H and O–H groups in total. The number of ether oxygens (including phenoxy) is 3. The van der Waals surface area contributed by atoms with Crippen LogP contribution in [0.3, 0.4) is 0 Å². The van der Waals surface area contributed by atoms with E-state index in [-0.39, 0.29) is 23.0 Å². The summed E-state index contributed by atoms with van der Waals surface area (Å²) < 4.78 is 46.1. The molecule has 10 nitrogen and oxygen atoms in total. The van der Waals surface area contributed by atoms with Crippen LogP contribution in [-0.2, 0) is 16.6 Å².